The van der Waals surface area contributed by atoms with Gasteiger partial charge in [-0.25, -0.2) is 0 Å². The highest BCUT2D eigenvalue weighted by atomic mass is 32.1. The molecular weight excluding hydrogens is 353 g/mol. The summed E-state index contributed by atoms with van der Waals surface area (Å²) in [5.41, 5.74) is -0.00557. The number of thiophene rings is 1. The third-order valence-corrected chi connectivity index (χ3v) is 4.16. The number of anilines is 1. The second-order valence-corrected chi connectivity index (χ2v) is 6.23. The van der Waals surface area contributed by atoms with Crippen molar-refractivity contribution in [1.82, 2.24) is 5.32 Å². The Morgan fingerprint density at radius 3 is 2.60 bits per heavy atom. The zero-order valence-corrected chi connectivity index (χ0v) is 14.3. The molecule has 0 fully saturated rings. The van der Waals surface area contributed by atoms with E-state index in [2.05, 4.69) is 10.6 Å². The van der Waals surface area contributed by atoms with Gasteiger partial charge in [0.2, 0.25) is 5.91 Å². The van der Waals surface area contributed by atoms with E-state index in [1.54, 1.807) is 16.8 Å². The molecule has 0 saturated carbocycles. The van der Waals surface area contributed by atoms with E-state index >= 15 is 0 Å². The van der Waals surface area contributed by atoms with Crippen LogP contribution in [0.25, 0.3) is 0 Å². The second-order valence-electron chi connectivity index (χ2n) is 5.45. The van der Waals surface area contributed by atoms with Crippen molar-refractivity contribution in [2.45, 2.75) is 25.9 Å². The van der Waals surface area contributed by atoms with Gasteiger partial charge in [-0.1, -0.05) is 6.07 Å². The van der Waals surface area contributed by atoms with Crippen LogP contribution in [0.4, 0.5) is 18.9 Å². The number of carbonyl (C=O) groups excluding carboxylic acids is 2. The maximum absolute atomic E-state index is 12.9. The first kappa shape index (κ1) is 19.0. The van der Waals surface area contributed by atoms with Crippen LogP contribution in [0.15, 0.2) is 35.0 Å². The summed E-state index contributed by atoms with van der Waals surface area (Å²) in [5.74, 6) is -0.614. The number of amides is 2. The van der Waals surface area contributed by atoms with Crippen molar-refractivity contribution in [2.24, 2.45) is 0 Å². The number of hydrogen-bond acceptors (Lipinski definition) is 3. The molecule has 2 aromatic rings. The van der Waals surface area contributed by atoms with Crippen molar-refractivity contribution in [2.75, 3.05) is 11.9 Å². The minimum atomic E-state index is -4.46. The van der Waals surface area contributed by atoms with Gasteiger partial charge in [0.15, 0.2) is 0 Å². The molecule has 1 heterocycles. The van der Waals surface area contributed by atoms with Crippen LogP contribution in [0.3, 0.4) is 0 Å². The first-order chi connectivity index (χ1) is 11.8. The van der Waals surface area contributed by atoms with Crippen molar-refractivity contribution >= 4 is 28.8 Å². The van der Waals surface area contributed by atoms with Gasteiger partial charge in [-0.05, 0) is 42.5 Å². The Hall–Kier alpha value is -2.35. The Labute approximate surface area is 147 Å². The highest BCUT2D eigenvalue weighted by Gasteiger charge is 2.32. The highest BCUT2D eigenvalue weighted by molar-refractivity contribution is 7.08. The van der Waals surface area contributed by atoms with E-state index in [4.69, 9.17) is 0 Å². The molecule has 2 N–H and O–H groups in total. The van der Waals surface area contributed by atoms with E-state index in [0.717, 1.165) is 6.07 Å². The molecule has 134 valence electrons. The molecule has 25 heavy (non-hydrogen) atoms. The number of alkyl halides is 3. The summed E-state index contributed by atoms with van der Waals surface area (Å²) >= 11 is 1.41. The van der Waals surface area contributed by atoms with Crippen LogP contribution in [0.5, 0.6) is 0 Å². The van der Waals surface area contributed by atoms with E-state index in [0.29, 0.717) is 18.5 Å². The number of hydrogen-bond donors (Lipinski definition) is 2. The third kappa shape index (κ3) is 5.60. The molecule has 1 aromatic carbocycles. The van der Waals surface area contributed by atoms with Gasteiger partial charge in [0.25, 0.3) is 5.91 Å². The molecule has 0 saturated heterocycles. The quantitative estimate of drug-likeness (QED) is 0.748. The lowest BCUT2D eigenvalue weighted by Gasteiger charge is -2.13. The first-order valence-corrected chi connectivity index (χ1v) is 8.50. The fraction of sp³-hybridized carbons (Fsp3) is 0.294. The Kier molecular flexibility index (Phi) is 6.19. The predicted octanol–water partition coefficient (Wildman–Crippen LogP) is 4.22. The predicted molar refractivity (Wildman–Crippen MR) is 90.7 cm³/mol. The summed E-state index contributed by atoms with van der Waals surface area (Å²) in [6.07, 6.45) is -3.98. The van der Waals surface area contributed by atoms with Crippen LogP contribution in [-0.2, 0) is 11.0 Å². The molecule has 0 aliphatic carbocycles. The molecule has 0 spiro atoms. The van der Waals surface area contributed by atoms with Gasteiger partial charge in [-0.3, -0.25) is 9.59 Å². The van der Waals surface area contributed by atoms with Crippen molar-refractivity contribution in [1.29, 1.82) is 0 Å². The van der Waals surface area contributed by atoms with E-state index in [1.807, 2.05) is 0 Å². The molecular formula is C17H17F3N2O2S. The lowest BCUT2D eigenvalue weighted by Crippen LogP contribution is -2.25. The number of halogens is 3. The lowest BCUT2D eigenvalue weighted by molar-refractivity contribution is -0.138. The molecule has 0 unspecified atom stereocenters. The Balaban J connectivity index is 1.80. The van der Waals surface area contributed by atoms with Crippen molar-refractivity contribution in [3.8, 4) is 0 Å². The molecule has 4 nitrogen and oxygen atoms in total. The normalized spacial score (nSPS) is 11.2. The molecule has 0 aliphatic heterocycles. The van der Waals surface area contributed by atoms with Crippen LogP contribution in [0.1, 0.15) is 34.3 Å². The van der Waals surface area contributed by atoms with E-state index in [9.17, 15) is 22.8 Å². The number of nitrogens with one attached hydrogen (secondary N) is 2. The summed E-state index contributed by atoms with van der Waals surface area (Å²) < 4.78 is 38.6. The molecule has 0 atom stereocenters. The van der Waals surface area contributed by atoms with Crippen LogP contribution < -0.4 is 10.6 Å². The third-order valence-electron chi connectivity index (χ3n) is 3.48. The number of aryl methyl sites for hydroxylation is 1. The average molecular weight is 370 g/mol. The summed E-state index contributed by atoms with van der Waals surface area (Å²) in [6.45, 7) is 1.67. The fourth-order valence-corrected chi connectivity index (χ4v) is 2.81. The zero-order chi connectivity index (χ0) is 18.4. The van der Waals surface area contributed by atoms with Crippen LogP contribution >= 0.6 is 11.3 Å². The summed E-state index contributed by atoms with van der Waals surface area (Å²) in [6, 6.07) is 5.37. The van der Waals surface area contributed by atoms with E-state index in [1.165, 1.54) is 30.4 Å². The smallest absolute Gasteiger partial charge is 0.352 e. The van der Waals surface area contributed by atoms with Crippen LogP contribution in [0.2, 0.25) is 0 Å². The largest absolute Gasteiger partial charge is 0.416 e. The molecule has 0 aliphatic rings. The summed E-state index contributed by atoms with van der Waals surface area (Å²) in [7, 11) is 0. The first-order valence-electron chi connectivity index (χ1n) is 7.55. The second kappa shape index (κ2) is 8.15. The van der Waals surface area contributed by atoms with Gasteiger partial charge in [0.05, 0.1) is 5.56 Å². The number of benzene rings is 1. The monoisotopic (exact) mass is 370 g/mol. The molecule has 2 amide bonds. The lowest BCUT2D eigenvalue weighted by atomic mass is 10.1. The Morgan fingerprint density at radius 1 is 1.20 bits per heavy atom. The van der Waals surface area contributed by atoms with Crippen molar-refractivity contribution in [3.05, 3.63) is 51.7 Å². The highest BCUT2D eigenvalue weighted by Crippen LogP contribution is 2.33. The minimum Gasteiger partial charge on any atom is -0.352 e. The maximum Gasteiger partial charge on any atom is 0.416 e. The van der Waals surface area contributed by atoms with Gasteiger partial charge in [-0.2, -0.15) is 24.5 Å². The molecule has 8 heteroatoms. The van der Waals surface area contributed by atoms with Gasteiger partial charge >= 0.3 is 6.18 Å². The standard InChI is InChI=1S/C17H17F3N2O2S/c1-11-4-5-13(9-14(11)17(18,19)20)22-15(23)3-2-7-21-16(24)12-6-8-25-10-12/h4-6,8-10H,2-3,7H2,1H3,(H,21,24)(H,22,23). The number of carbonyl (C=O) groups is 2. The SMILES string of the molecule is Cc1ccc(NC(=O)CCCNC(=O)c2ccsc2)cc1C(F)(F)F. The van der Waals surface area contributed by atoms with Gasteiger partial charge in [0, 0.05) is 29.6 Å². The number of rotatable bonds is 6. The molecule has 2 rings (SSSR count). The van der Waals surface area contributed by atoms with Crippen molar-refractivity contribution in [3.63, 3.8) is 0 Å². The molecule has 0 radical (unpaired) electrons. The maximum atomic E-state index is 12.9. The van der Waals surface area contributed by atoms with Crippen LogP contribution in [0, 0.1) is 6.92 Å². The van der Waals surface area contributed by atoms with E-state index < -0.39 is 17.6 Å². The topological polar surface area (TPSA) is 58.2 Å². The summed E-state index contributed by atoms with van der Waals surface area (Å²) in [5, 5.41) is 8.64. The van der Waals surface area contributed by atoms with E-state index in [-0.39, 0.29) is 23.6 Å². The van der Waals surface area contributed by atoms with Crippen LogP contribution in [-0.4, -0.2) is 18.4 Å². The summed E-state index contributed by atoms with van der Waals surface area (Å²) in [4.78, 5) is 23.5. The Bertz CT molecular complexity index is 743. The average Bonchev–Trinajstić information content (AvgIpc) is 3.06. The van der Waals surface area contributed by atoms with Crippen molar-refractivity contribution < 1.29 is 22.8 Å². The fourth-order valence-electron chi connectivity index (χ4n) is 2.18. The Morgan fingerprint density at radius 2 is 1.96 bits per heavy atom. The van der Waals surface area contributed by atoms with Gasteiger partial charge in [-0.15, -0.1) is 0 Å². The van der Waals surface area contributed by atoms with Gasteiger partial charge < -0.3 is 10.6 Å². The zero-order valence-electron chi connectivity index (χ0n) is 13.4. The molecule has 1 aromatic heterocycles. The van der Waals surface area contributed by atoms with Gasteiger partial charge in [0.1, 0.15) is 0 Å². The minimum absolute atomic E-state index is 0.0964. The molecule has 0 bridgehead atoms.